The van der Waals surface area contributed by atoms with Crippen LogP contribution in [0.5, 0.6) is 17.2 Å². The van der Waals surface area contributed by atoms with E-state index < -0.39 is 10.8 Å². The van der Waals surface area contributed by atoms with Crippen molar-refractivity contribution in [2.75, 3.05) is 24.3 Å². The molecule has 30 heavy (non-hydrogen) atoms. The van der Waals surface area contributed by atoms with E-state index in [1.807, 2.05) is 0 Å². The fourth-order valence-electron chi connectivity index (χ4n) is 2.61. The summed E-state index contributed by atoms with van der Waals surface area (Å²) in [6.45, 7) is -0.133. The summed E-state index contributed by atoms with van der Waals surface area (Å²) >= 11 is 6.13. The number of benzene rings is 3. The van der Waals surface area contributed by atoms with E-state index >= 15 is 0 Å². The van der Waals surface area contributed by atoms with Crippen molar-refractivity contribution in [3.63, 3.8) is 0 Å². The Labute approximate surface area is 177 Å². The average molecular weight is 428 g/mol. The number of anilines is 2. The van der Waals surface area contributed by atoms with Gasteiger partial charge in [0.1, 0.15) is 17.2 Å². The van der Waals surface area contributed by atoms with Gasteiger partial charge in [-0.25, -0.2) is 0 Å². The zero-order valence-corrected chi connectivity index (χ0v) is 16.7. The van der Waals surface area contributed by atoms with E-state index in [-0.39, 0.29) is 17.9 Å². The van der Waals surface area contributed by atoms with Crippen molar-refractivity contribution in [1.82, 2.24) is 0 Å². The molecule has 0 aromatic heterocycles. The zero-order valence-electron chi connectivity index (χ0n) is 15.9. The van der Waals surface area contributed by atoms with Crippen molar-refractivity contribution in [2.24, 2.45) is 0 Å². The predicted molar refractivity (Wildman–Crippen MR) is 115 cm³/mol. The monoisotopic (exact) mass is 427 g/mol. The van der Waals surface area contributed by atoms with Gasteiger partial charge in [0.05, 0.1) is 35.4 Å². The van der Waals surface area contributed by atoms with Gasteiger partial charge in [-0.15, -0.1) is 0 Å². The molecule has 0 aliphatic heterocycles. The van der Waals surface area contributed by atoms with Crippen LogP contribution in [0, 0.1) is 10.1 Å². The minimum Gasteiger partial charge on any atom is -0.496 e. The van der Waals surface area contributed by atoms with Crippen LogP contribution < -0.4 is 20.1 Å². The number of carbonyl (C=O) groups is 1. The molecule has 0 spiro atoms. The van der Waals surface area contributed by atoms with Gasteiger partial charge in [0, 0.05) is 0 Å². The summed E-state index contributed by atoms with van der Waals surface area (Å²) in [4.78, 5) is 23.0. The van der Waals surface area contributed by atoms with Gasteiger partial charge in [-0.05, 0) is 36.4 Å². The number of ether oxygens (including phenoxy) is 2. The van der Waals surface area contributed by atoms with E-state index in [0.717, 1.165) is 0 Å². The number of halogens is 1. The minimum absolute atomic E-state index is 0.0770. The third-order valence-corrected chi connectivity index (χ3v) is 4.37. The number of nitrogens with zero attached hydrogens (tertiary/aromatic N) is 1. The largest absolute Gasteiger partial charge is 0.496 e. The molecule has 8 nitrogen and oxygen atoms in total. The van der Waals surface area contributed by atoms with Crippen LogP contribution in [0.25, 0.3) is 0 Å². The average Bonchev–Trinajstić information content (AvgIpc) is 2.75. The van der Waals surface area contributed by atoms with Crippen LogP contribution in [0.2, 0.25) is 5.02 Å². The van der Waals surface area contributed by atoms with E-state index in [4.69, 9.17) is 21.1 Å². The zero-order chi connectivity index (χ0) is 21.5. The third-order valence-electron chi connectivity index (χ3n) is 4.06. The first-order valence-electron chi connectivity index (χ1n) is 8.85. The van der Waals surface area contributed by atoms with Crippen LogP contribution >= 0.6 is 11.6 Å². The van der Waals surface area contributed by atoms with E-state index in [2.05, 4.69) is 10.6 Å². The number of carbonyl (C=O) groups excluding carboxylic acids is 1. The number of nitro groups is 1. The summed E-state index contributed by atoms with van der Waals surface area (Å²) < 4.78 is 10.8. The quantitative estimate of drug-likeness (QED) is 0.383. The molecule has 0 heterocycles. The lowest BCUT2D eigenvalue weighted by Gasteiger charge is -2.14. The number of amides is 1. The Morgan fingerprint density at radius 1 is 1.03 bits per heavy atom. The number of hydrogen-bond acceptors (Lipinski definition) is 6. The van der Waals surface area contributed by atoms with Gasteiger partial charge < -0.3 is 20.1 Å². The topological polar surface area (TPSA) is 103 Å². The van der Waals surface area contributed by atoms with Gasteiger partial charge in [-0.3, -0.25) is 14.9 Å². The molecule has 0 bridgehead atoms. The molecular formula is C21H18ClN3O5. The summed E-state index contributed by atoms with van der Waals surface area (Å²) in [5.74, 6) is 0.819. The van der Waals surface area contributed by atoms with Crippen molar-refractivity contribution in [2.45, 2.75) is 0 Å². The normalized spacial score (nSPS) is 10.2. The molecule has 0 unspecified atom stereocenters. The molecule has 1 amide bonds. The van der Waals surface area contributed by atoms with Gasteiger partial charge in [-0.2, -0.15) is 0 Å². The predicted octanol–water partition coefficient (Wildman–Crippen LogP) is 5.10. The van der Waals surface area contributed by atoms with E-state index in [1.54, 1.807) is 48.5 Å². The Morgan fingerprint density at radius 3 is 2.43 bits per heavy atom. The highest BCUT2D eigenvalue weighted by atomic mass is 35.5. The Hall–Kier alpha value is -3.78. The Kier molecular flexibility index (Phi) is 6.71. The van der Waals surface area contributed by atoms with Crippen LogP contribution in [-0.2, 0) is 4.79 Å². The minimum atomic E-state index is -0.585. The van der Waals surface area contributed by atoms with Gasteiger partial charge >= 0.3 is 0 Å². The molecule has 2 N–H and O–H groups in total. The second-order valence-corrected chi connectivity index (χ2v) is 6.48. The van der Waals surface area contributed by atoms with Crippen LogP contribution in [0.4, 0.5) is 17.1 Å². The molecule has 3 rings (SSSR count). The summed E-state index contributed by atoms with van der Waals surface area (Å²) in [5, 5.41) is 17.2. The number of rotatable bonds is 8. The lowest BCUT2D eigenvalue weighted by Crippen LogP contribution is -2.22. The lowest BCUT2D eigenvalue weighted by atomic mass is 10.2. The molecule has 0 atom stereocenters. The summed E-state index contributed by atoms with van der Waals surface area (Å²) in [6, 6.07) is 18.3. The smallest absolute Gasteiger partial charge is 0.296 e. The summed E-state index contributed by atoms with van der Waals surface area (Å²) in [5.41, 5.74) is 0.384. The van der Waals surface area contributed by atoms with Crippen LogP contribution in [-0.4, -0.2) is 24.5 Å². The number of hydrogen-bond donors (Lipinski definition) is 2. The second kappa shape index (κ2) is 9.62. The summed E-state index contributed by atoms with van der Waals surface area (Å²) in [7, 11) is 1.41. The summed E-state index contributed by atoms with van der Waals surface area (Å²) in [6.07, 6.45) is 0. The molecule has 9 heteroatoms. The van der Waals surface area contributed by atoms with Gasteiger partial charge in [-0.1, -0.05) is 35.9 Å². The highest BCUT2D eigenvalue weighted by molar-refractivity contribution is 6.32. The highest BCUT2D eigenvalue weighted by Crippen LogP contribution is 2.33. The molecule has 0 fully saturated rings. The van der Waals surface area contributed by atoms with E-state index in [9.17, 15) is 14.9 Å². The molecule has 0 radical (unpaired) electrons. The SMILES string of the molecule is COc1ccc(NC(=O)CNc2ccccc2Oc2ccccc2Cl)c([N+](=O)[O-])c1. The number of methoxy groups -OCH3 is 1. The molecule has 0 aliphatic carbocycles. The second-order valence-electron chi connectivity index (χ2n) is 6.07. The fourth-order valence-corrected chi connectivity index (χ4v) is 2.79. The van der Waals surface area contributed by atoms with Gasteiger partial charge in [0.25, 0.3) is 5.69 Å². The number of nitro benzene ring substituents is 1. The first-order valence-corrected chi connectivity index (χ1v) is 9.23. The van der Waals surface area contributed by atoms with Crippen LogP contribution in [0.3, 0.4) is 0 Å². The van der Waals surface area contributed by atoms with Crippen LogP contribution in [0.1, 0.15) is 0 Å². The van der Waals surface area contributed by atoms with Gasteiger partial charge in [0.2, 0.25) is 5.91 Å². The molecular weight excluding hydrogens is 410 g/mol. The number of nitrogens with one attached hydrogen (secondary N) is 2. The van der Waals surface area contributed by atoms with Crippen molar-refractivity contribution in [3.05, 3.63) is 81.9 Å². The van der Waals surface area contributed by atoms with Crippen molar-refractivity contribution in [1.29, 1.82) is 0 Å². The van der Waals surface area contributed by atoms with Crippen molar-refractivity contribution in [3.8, 4) is 17.2 Å². The Morgan fingerprint density at radius 2 is 1.73 bits per heavy atom. The molecule has 0 saturated heterocycles. The fraction of sp³-hybridized carbons (Fsp3) is 0.0952. The molecule has 3 aromatic carbocycles. The number of para-hydroxylation sites is 3. The molecule has 0 saturated carbocycles. The van der Waals surface area contributed by atoms with E-state index in [1.165, 1.54) is 25.3 Å². The maximum atomic E-state index is 12.3. The van der Waals surface area contributed by atoms with Crippen molar-refractivity contribution < 1.29 is 19.2 Å². The third kappa shape index (κ3) is 5.18. The van der Waals surface area contributed by atoms with Gasteiger partial charge in [0.15, 0.2) is 5.75 Å². The van der Waals surface area contributed by atoms with Crippen molar-refractivity contribution >= 4 is 34.6 Å². The first kappa shape index (κ1) is 20.9. The lowest BCUT2D eigenvalue weighted by molar-refractivity contribution is -0.384. The molecule has 0 aliphatic rings. The Bertz CT molecular complexity index is 1070. The maximum absolute atomic E-state index is 12.3. The highest BCUT2D eigenvalue weighted by Gasteiger charge is 2.17. The Balaban J connectivity index is 1.69. The standard InChI is InChI=1S/C21H18ClN3O5/c1-29-14-10-11-16(18(12-14)25(27)28)24-21(26)13-23-17-7-3-5-9-20(17)30-19-8-4-2-6-15(19)22/h2-12,23H,13H2,1H3,(H,24,26). The van der Waals surface area contributed by atoms with Crippen LogP contribution in [0.15, 0.2) is 66.7 Å². The molecule has 154 valence electrons. The first-order chi connectivity index (χ1) is 14.5. The molecule has 3 aromatic rings. The maximum Gasteiger partial charge on any atom is 0.296 e. The van der Waals surface area contributed by atoms with E-state index in [0.29, 0.717) is 28.0 Å².